The zero-order valence-electron chi connectivity index (χ0n) is 15.7. The third-order valence-electron chi connectivity index (χ3n) is 4.94. The van der Waals surface area contributed by atoms with Crippen LogP contribution in [0.15, 0.2) is 60.8 Å². The molecule has 0 amide bonds. The highest BCUT2D eigenvalue weighted by atomic mass is 19.4. The quantitative estimate of drug-likeness (QED) is 0.668. The zero-order valence-corrected chi connectivity index (χ0v) is 15.7. The molecule has 150 valence electrons. The van der Waals surface area contributed by atoms with Crippen molar-refractivity contribution in [1.82, 2.24) is 15.2 Å². The molecule has 1 aromatic carbocycles. The first kappa shape index (κ1) is 19.2. The molecule has 1 fully saturated rings. The van der Waals surface area contributed by atoms with E-state index in [1.165, 1.54) is 11.6 Å². The Hall–Kier alpha value is -3.16. The SMILES string of the molecule is FC(F)(F)c1ccc(N2CCN(c3ccc(Cc4ccccc4)nn3)CC2)nc1. The Morgan fingerprint density at radius 3 is 1.97 bits per heavy atom. The van der Waals surface area contributed by atoms with Gasteiger partial charge in [0.2, 0.25) is 0 Å². The number of aromatic nitrogens is 3. The molecule has 0 radical (unpaired) electrons. The van der Waals surface area contributed by atoms with Crippen molar-refractivity contribution in [1.29, 1.82) is 0 Å². The lowest BCUT2D eigenvalue weighted by atomic mass is 10.1. The van der Waals surface area contributed by atoms with Gasteiger partial charge in [-0.15, -0.1) is 5.10 Å². The van der Waals surface area contributed by atoms with E-state index in [4.69, 9.17) is 0 Å². The lowest BCUT2D eigenvalue weighted by molar-refractivity contribution is -0.137. The Bertz CT molecular complexity index is 919. The Morgan fingerprint density at radius 1 is 0.759 bits per heavy atom. The Balaban J connectivity index is 1.34. The first-order valence-electron chi connectivity index (χ1n) is 9.39. The maximum absolute atomic E-state index is 12.7. The molecule has 1 saturated heterocycles. The van der Waals surface area contributed by atoms with E-state index in [1.54, 1.807) is 0 Å². The lowest BCUT2D eigenvalue weighted by Gasteiger charge is -2.35. The van der Waals surface area contributed by atoms with Gasteiger partial charge in [-0.1, -0.05) is 30.3 Å². The molecule has 8 heteroatoms. The third kappa shape index (κ3) is 4.64. The number of hydrogen-bond acceptors (Lipinski definition) is 5. The minimum absolute atomic E-state index is 0.557. The van der Waals surface area contributed by atoms with Gasteiger partial charge < -0.3 is 9.80 Å². The second-order valence-corrected chi connectivity index (χ2v) is 6.92. The summed E-state index contributed by atoms with van der Waals surface area (Å²) in [4.78, 5) is 8.08. The van der Waals surface area contributed by atoms with Crippen LogP contribution in [0.2, 0.25) is 0 Å². The van der Waals surface area contributed by atoms with E-state index in [0.29, 0.717) is 32.0 Å². The van der Waals surface area contributed by atoms with Gasteiger partial charge in [0.1, 0.15) is 5.82 Å². The minimum Gasteiger partial charge on any atom is -0.353 e. The van der Waals surface area contributed by atoms with Crippen LogP contribution in [-0.2, 0) is 12.6 Å². The van der Waals surface area contributed by atoms with Crippen LogP contribution in [0.1, 0.15) is 16.8 Å². The van der Waals surface area contributed by atoms with Gasteiger partial charge in [-0.3, -0.25) is 0 Å². The highest BCUT2D eigenvalue weighted by Gasteiger charge is 2.31. The fourth-order valence-corrected chi connectivity index (χ4v) is 3.33. The summed E-state index contributed by atoms with van der Waals surface area (Å²) in [5, 5.41) is 8.69. The number of hydrogen-bond donors (Lipinski definition) is 0. The van der Waals surface area contributed by atoms with Crippen molar-refractivity contribution in [3.63, 3.8) is 0 Å². The van der Waals surface area contributed by atoms with Crippen molar-refractivity contribution in [2.24, 2.45) is 0 Å². The number of nitrogens with zero attached hydrogens (tertiary/aromatic N) is 5. The van der Waals surface area contributed by atoms with Gasteiger partial charge in [-0.25, -0.2) is 4.98 Å². The number of rotatable bonds is 4. The van der Waals surface area contributed by atoms with Crippen molar-refractivity contribution in [3.8, 4) is 0 Å². The maximum atomic E-state index is 12.7. The molecule has 1 aliphatic rings. The fourth-order valence-electron chi connectivity index (χ4n) is 3.33. The summed E-state index contributed by atoms with van der Waals surface area (Å²) in [7, 11) is 0. The first-order chi connectivity index (χ1) is 14.0. The van der Waals surface area contributed by atoms with Crippen LogP contribution >= 0.6 is 0 Å². The van der Waals surface area contributed by atoms with E-state index < -0.39 is 11.7 Å². The van der Waals surface area contributed by atoms with Crippen LogP contribution in [0.4, 0.5) is 24.8 Å². The van der Waals surface area contributed by atoms with E-state index in [-0.39, 0.29) is 0 Å². The molecule has 0 N–H and O–H groups in total. The normalized spacial score (nSPS) is 14.9. The predicted octanol–water partition coefficient (Wildman–Crippen LogP) is 3.81. The number of piperazine rings is 1. The number of pyridine rings is 1. The molecule has 2 aromatic heterocycles. The summed E-state index contributed by atoms with van der Waals surface area (Å²) < 4.78 is 38.0. The van der Waals surface area contributed by atoms with Gasteiger partial charge in [-0.2, -0.15) is 18.3 Å². The molecule has 5 nitrogen and oxygen atoms in total. The zero-order chi connectivity index (χ0) is 20.3. The molecule has 3 aromatic rings. The van der Waals surface area contributed by atoms with Crippen molar-refractivity contribution >= 4 is 11.6 Å². The van der Waals surface area contributed by atoms with Crippen LogP contribution in [-0.4, -0.2) is 41.4 Å². The lowest BCUT2D eigenvalue weighted by Crippen LogP contribution is -2.47. The van der Waals surface area contributed by atoms with Gasteiger partial charge in [0.05, 0.1) is 11.3 Å². The third-order valence-corrected chi connectivity index (χ3v) is 4.94. The molecule has 29 heavy (non-hydrogen) atoms. The van der Waals surface area contributed by atoms with E-state index in [9.17, 15) is 13.2 Å². The summed E-state index contributed by atoms with van der Waals surface area (Å²) in [6.07, 6.45) is -2.74. The van der Waals surface area contributed by atoms with E-state index in [1.807, 2.05) is 35.2 Å². The summed E-state index contributed by atoms with van der Waals surface area (Å²) >= 11 is 0. The van der Waals surface area contributed by atoms with Crippen molar-refractivity contribution in [2.45, 2.75) is 12.6 Å². The Morgan fingerprint density at radius 2 is 1.41 bits per heavy atom. The first-order valence-corrected chi connectivity index (χ1v) is 9.39. The highest BCUT2D eigenvalue weighted by molar-refractivity contribution is 5.45. The number of anilines is 2. The van der Waals surface area contributed by atoms with Gasteiger partial charge in [-0.05, 0) is 29.8 Å². The molecule has 1 aliphatic heterocycles. The monoisotopic (exact) mass is 399 g/mol. The molecule has 0 spiro atoms. The molecule has 0 aliphatic carbocycles. The van der Waals surface area contributed by atoms with Crippen LogP contribution < -0.4 is 9.80 Å². The Kier molecular flexibility index (Phi) is 5.33. The largest absolute Gasteiger partial charge is 0.417 e. The molecule has 0 bridgehead atoms. The van der Waals surface area contributed by atoms with Crippen LogP contribution in [0.5, 0.6) is 0 Å². The van der Waals surface area contributed by atoms with E-state index in [2.05, 4.69) is 32.2 Å². The van der Waals surface area contributed by atoms with Crippen molar-refractivity contribution in [2.75, 3.05) is 36.0 Å². The summed E-state index contributed by atoms with van der Waals surface area (Å²) in [5.41, 5.74) is 1.37. The molecule has 0 saturated carbocycles. The predicted molar refractivity (Wildman–Crippen MR) is 105 cm³/mol. The summed E-state index contributed by atoms with van der Waals surface area (Å²) in [5.74, 6) is 1.36. The van der Waals surface area contributed by atoms with Crippen LogP contribution in [0.3, 0.4) is 0 Å². The number of benzene rings is 1. The van der Waals surface area contributed by atoms with Gasteiger partial charge in [0.25, 0.3) is 0 Å². The molecule has 3 heterocycles. The fraction of sp³-hybridized carbons (Fsp3) is 0.286. The molecular formula is C21H20F3N5. The number of alkyl halides is 3. The van der Waals surface area contributed by atoms with E-state index in [0.717, 1.165) is 30.2 Å². The van der Waals surface area contributed by atoms with Gasteiger partial charge in [0, 0.05) is 38.8 Å². The number of halogens is 3. The van der Waals surface area contributed by atoms with Gasteiger partial charge >= 0.3 is 6.18 Å². The summed E-state index contributed by atoms with van der Waals surface area (Å²) in [6.45, 7) is 2.72. The van der Waals surface area contributed by atoms with Crippen LogP contribution in [0.25, 0.3) is 0 Å². The topological polar surface area (TPSA) is 45.2 Å². The second kappa shape index (κ2) is 8.06. The molecule has 0 atom stereocenters. The standard InChI is InChI=1S/C21H20F3N5/c22-21(23,24)17-6-8-19(25-15-17)28-10-12-29(13-11-28)20-9-7-18(26-27-20)14-16-4-2-1-3-5-16/h1-9,15H,10-14H2. The van der Waals surface area contributed by atoms with E-state index >= 15 is 0 Å². The summed E-state index contributed by atoms with van der Waals surface area (Å²) in [6, 6.07) is 16.6. The highest BCUT2D eigenvalue weighted by Crippen LogP contribution is 2.29. The smallest absolute Gasteiger partial charge is 0.353 e. The molecule has 0 unspecified atom stereocenters. The minimum atomic E-state index is -4.37. The molecular weight excluding hydrogens is 379 g/mol. The van der Waals surface area contributed by atoms with Gasteiger partial charge in [0.15, 0.2) is 5.82 Å². The van der Waals surface area contributed by atoms with Crippen LogP contribution in [0, 0.1) is 0 Å². The molecule has 4 rings (SSSR count). The van der Waals surface area contributed by atoms with Crippen molar-refractivity contribution in [3.05, 3.63) is 77.6 Å². The van der Waals surface area contributed by atoms with Crippen molar-refractivity contribution < 1.29 is 13.2 Å². The maximum Gasteiger partial charge on any atom is 0.417 e. The Labute approximate surface area is 166 Å². The average molecular weight is 399 g/mol. The average Bonchev–Trinajstić information content (AvgIpc) is 2.75. The second-order valence-electron chi connectivity index (χ2n) is 6.92.